The van der Waals surface area contributed by atoms with Crippen molar-refractivity contribution in [2.45, 2.75) is 24.7 Å². The standard InChI is InChI=1S/C15H17FN2O2S/c1-2-3-11-4-6-12(7-5-11)18-21(19,20)13-8-9-15(17)14(16)10-13/h4-10,18H,2-3,17H2,1H3. The third-order valence-corrected chi connectivity index (χ3v) is 4.41. The molecule has 0 unspecified atom stereocenters. The molecule has 3 N–H and O–H groups in total. The summed E-state index contributed by atoms with van der Waals surface area (Å²) in [7, 11) is -3.82. The molecule has 0 radical (unpaired) electrons. The Balaban J connectivity index is 2.22. The summed E-state index contributed by atoms with van der Waals surface area (Å²) in [5.41, 5.74) is 6.83. The number of nitrogens with two attached hydrogens (primary N) is 1. The van der Waals surface area contributed by atoms with Gasteiger partial charge >= 0.3 is 0 Å². The van der Waals surface area contributed by atoms with E-state index in [0.717, 1.165) is 24.5 Å². The average Bonchev–Trinajstić information content (AvgIpc) is 2.44. The molecule has 0 amide bonds. The fourth-order valence-electron chi connectivity index (χ4n) is 1.92. The Morgan fingerprint density at radius 2 is 1.81 bits per heavy atom. The maximum Gasteiger partial charge on any atom is 0.261 e. The molecule has 6 heteroatoms. The van der Waals surface area contributed by atoms with Crippen molar-refractivity contribution in [2.75, 3.05) is 10.5 Å². The maximum absolute atomic E-state index is 13.4. The molecule has 21 heavy (non-hydrogen) atoms. The van der Waals surface area contributed by atoms with Crippen molar-refractivity contribution in [1.29, 1.82) is 0 Å². The summed E-state index contributed by atoms with van der Waals surface area (Å²) in [4.78, 5) is -0.160. The molecule has 2 aromatic carbocycles. The molecule has 0 fully saturated rings. The lowest BCUT2D eigenvalue weighted by atomic mass is 10.1. The van der Waals surface area contributed by atoms with E-state index in [1.54, 1.807) is 12.1 Å². The number of nitrogen functional groups attached to an aromatic ring is 1. The van der Waals surface area contributed by atoms with Gasteiger partial charge in [-0.15, -0.1) is 0 Å². The van der Waals surface area contributed by atoms with E-state index in [4.69, 9.17) is 5.73 Å². The predicted molar refractivity (Wildman–Crippen MR) is 82.1 cm³/mol. The zero-order chi connectivity index (χ0) is 15.5. The van der Waals surface area contributed by atoms with Gasteiger partial charge < -0.3 is 5.73 Å². The lowest BCUT2D eigenvalue weighted by Crippen LogP contribution is -2.13. The molecule has 0 aromatic heterocycles. The first-order valence-electron chi connectivity index (χ1n) is 6.59. The van der Waals surface area contributed by atoms with Gasteiger partial charge in [-0.25, -0.2) is 12.8 Å². The molecule has 112 valence electrons. The van der Waals surface area contributed by atoms with Crippen LogP contribution in [0.25, 0.3) is 0 Å². The molecular weight excluding hydrogens is 291 g/mol. The van der Waals surface area contributed by atoms with Crippen LogP contribution in [0.3, 0.4) is 0 Å². The van der Waals surface area contributed by atoms with Crippen molar-refractivity contribution >= 4 is 21.4 Å². The van der Waals surface area contributed by atoms with Crippen LogP contribution in [0.1, 0.15) is 18.9 Å². The first-order chi connectivity index (χ1) is 9.92. The molecule has 2 aromatic rings. The van der Waals surface area contributed by atoms with Gasteiger partial charge in [0.25, 0.3) is 10.0 Å². The lowest BCUT2D eigenvalue weighted by molar-refractivity contribution is 0.596. The van der Waals surface area contributed by atoms with Crippen LogP contribution in [-0.2, 0) is 16.4 Å². The minimum absolute atomic E-state index is 0.0853. The molecule has 0 bridgehead atoms. The van der Waals surface area contributed by atoms with Gasteiger partial charge in [-0.2, -0.15) is 0 Å². The van der Waals surface area contributed by atoms with Gasteiger partial charge in [0.2, 0.25) is 0 Å². The zero-order valence-electron chi connectivity index (χ0n) is 11.6. The number of hydrogen-bond donors (Lipinski definition) is 2. The minimum atomic E-state index is -3.82. The number of nitrogens with one attached hydrogen (secondary N) is 1. The summed E-state index contributed by atoms with van der Waals surface area (Å²) in [6.45, 7) is 2.08. The van der Waals surface area contributed by atoms with Gasteiger partial charge in [-0.3, -0.25) is 4.72 Å². The van der Waals surface area contributed by atoms with Gasteiger partial charge in [0.1, 0.15) is 5.82 Å². The SMILES string of the molecule is CCCc1ccc(NS(=O)(=O)c2ccc(N)c(F)c2)cc1. The normalized spacial score (nSPS) is 11.3. The van der Waals surface area contributed by atoms with Crippen LogP contribution in [0.2, 0.25) is 0 Å². The largest absolute Gasteiger partial charge is 0.396 e. The summed E-state index contributed by atoms with van der Waals surface area (Å²) in [5.74, 6) is -0.754. The maximum atomic E-state index is 13.4. The zero-order valence-corrected chi connectivity index (χ0v) is 12.5. The highest BCUT2D eigenvalue weighted by atomic mass is 32.2. The second kappa shape index (κ2) is 6.13. The molecule has 0 aliphatic carbocycles. The van der Waals surface area contributed by atoms with E-state index >= 15 is 0 Å². The van der Waals surface area contributed by atoms with Crippen LogP contribution in [0, 0.1) is 5.82 Å². The van der Waals surface area contributed by atoms with Gasteiger partial charge in [0, 0.05) is 5.69 Å². The molecular formula is C15H17FN2O2S. The first-order valence-corrected chi connectivity index (χ1v) is 8.07. The number of hydrogen-bond acceptors (Lipinski definition) is 3. The first kappa shape index (κ1) is 15.3. The topological polar surface area (TPSA) is 72.2 Å². The molecule has 2 rings (SSSR count). The number of benzene rings is 2. The molecule has 0 spiro atoms. The van der Waals surface area contributed by atoms with E-state index in [0.29, 0.717) is 5.69 Å². The number of sulfonamides is 1. The highest BCUT2D eigenvalue weighted by Crippen LogP contribution is 2.20. The van der Waals surface area contributed by atoms with Crippen LogP contribution < -0.4 is 10.5 Å². The Morgan fingerprint density at radius 3 is 2.38 bits per heavy atom. The number of rotatable bonds is 5. The Kier molecular flexibility index (Phi) is 4.47. The van der Waals surface area contributed by atoms with E-state index in [9.17, 15) is 12.8 Å². The quantitative estimate of drug-likeness (QED) is 0.833. The van der Waals surface area contributed by atoms with Crippen LogP contribution in [-0.4, -0.2) is 8.42 Å². The molecule has 0 heterocycles. The molecule has 0 saturated carbocycles. The predicted octanol–water partition coefficient (Wildman–Crippen LogP) is 3.16. The van der Waals surface area contributed by atoms with Crippen molar-refractivity contribution in [3.63, 3.8) is 0 Å². The Bertz CT molecular complexity index is 728. The Labute approximate surface area is 123 Å². The average molecular weight is 308 g/mol. The van der Waals surface area contributed by atoms with E-state index < -0.39 is 15.8 Å². The molecule has 0 atom stereocenters. The highest BCUT2D eigenvalue weighted by molar-refractivity contribution is 7.92. The van der Waals surface area contributed by atoms with Crippen LogP contribution >= 0.6 is 0 Å². The fraction of sp³-hybridized carbons (Fsp3) is 0.200. The van der Waals surface area contributed by atoms with E-state index in [1.807, 2.05) is 12.1 Å². The molecule has 0 saturated heterocycles. The molecule has 0 aliphatic rings. The summed E-state index contributed by atoms with van der Waals surface area (Å²) >= 11 is 0. The van der Waals surface area contributed by atoms with Crippen LogP contribution in [0.15, 0.2) is 47.4 Å². The van der Waals surface area contributed by atoms with Crippen LogP contribution in [0.4, 0.5) is 15.8 Å². The Morgan fingerprint density at radius 1 is 1.14 bits per heavy atom. The lowest BCUT2D eigenvalue weighted by Gasteiger charge is -2.09. The Hall–Kier alpha value is -2.08. The molecule has 0 aliphatic heterocycles. The third kappa shape index (κ3) is 3.72. The summed E-state index contributed by atoms with van der Waals surface area (Å²) in [6, 6.07) is 10.5. The van der Waals surface area contributed by atoms with E-state index in [1.165, 1.54) is 12.1 Å². The van der Waals surface area contributed by atoms with Crippen molar-refractivity contribution < 1.29 is 12.8 Å². The fourth-order valence-corrected chi connectivity index (χ4v) is 2.99. The smallest absolute Gasteiger partial charge is 0.261 e. The monoisotopic (exact) mass is 308 g/mol. The number of aryl methyl sites for hydroxylation is 1. The minimum Gasteiger partial charge on any atom is -0.396 e. The summed E-state index contributed by atoms with van der Waals surface area (Å²) in [6.07, 6.45) is 1.96. The van der Waals surface area contributed by atoms with E-state index in [-0.39, 0.29) is 10.6 Å². The number of halogens is 1. The second-order valence-corrected chi connectivity index (χ2v) is 6.42. The van der Waals surface area contributed by atoms with Crippen molar-refractivity contribution in [1.82, 2.24) is 0 Å². The highest BCUT2D eigenvalue weighted by Gasteiger charge is 2.15. The van der Waals surface area contributed by atoms with Gasteiger partial charge in [0.15, 0.2) is 0 Å². The van der Waals surface area contributed by atoms with Crippen molar-refractivity contribution in [2.24, 2.45) is 0 Å². The summed E-state index contributed by atoms with van der Waals surface area (Å²) in [5, 5.41) is 0. The number of anilines is 2. The molecule has 4 nitrogen and oxygen atoms in total. The van der Waals surface area contributed by atoms with Gasteiger partial charge in [-0.05, 0) is 42.3 Å². The third-order valence-electron chi connectivity index (χ3n) is 3.03. The van der Waals surface area contributed by atoms with Crippen molar-refractivity contribution in [3.05, 3.63) is 53.8 Å². The van der Waals surface area contributed by atoms with Crippen LogP contribution in [0.5, 0.6) is 0 Å². The van der Waals surface area contributed by atoms with Gasteiger partial charge in [0.05, 0.1) is 10.6 Å². The summed E-state index contributed by atoms with van der Waals surface area (Å²) < 4.78 is 40.1. The van der Waals surface area contributed by atoms with Crippen molar-refractivity contribution in [3.8, 4) is 0 Å². The second-order valence-electron chi connectivity index (χ2n) is 4.74. The van der Waals surface area contributed by atoms with Gasteiger partial charge in [-0.1, -0.05) is 25.5 Å². The van der Waals surface area contributed by atoms with E-state index in [2.05, 4.69) is 11.6 Å².